The minimum Gasteiger partial charge on any atom is -0.336 e. The molecule has 5 nitrogen and oxygen atoms in total. The van der Waals surface area contributed by atoms with E-state index in [1.54, 1.807) is 0 Å². The van der Waals surface area contributed by atoms with Gasteiger partial charge in [-0.15, -0.1) is 0 Å². The lowest BCUT2D eigenvalue weighted by Crippen LogP contribution is -2.31. The van der Waals surface area contributed by atoms with Crippen molar-refractivity contribution in [1.82, 2.24) is 9.97 Å². The van der Waals surface area contributed by atoms with Crippen molar-refractivity contribution < 1.29 is 4.79 Å². The highest BCUT2D eigenvalue weighted by molar-refractivity contribution is 8.00. The molecule has 1 aliphatic heterocycles. The number of nitrogens with zero attached hydrogens (tertiary/aromatic N) is 3. The summed E-state index contributed by atoms with van der Waals surface area (Å²) in [5.74, 6) is 0.980. The van der Waals surface area contributed by atoms with Crippen molar-refractivity contribution in [2.45, 2.75) is 38.8 Å². The highest BCUT2D eigenvalue weighted by atomic mass is 32.2. The summed E-state index contributed by atoms with van der Waals surface area (Å²) in [6.45, 7) is 7.81. The van der Waals surface area contributed by atoms with E-state index in [1.807, 2.05) is 38.1 Å². The fraction of sp³-hybridized carbons (Fsp3) is 0.250. The molecule has 1 amide bonds. The molecule has 34 heavy (non-hydrogen) atoms. The maximum atomic E-state index is 12.8. The third kappa shape index (κ3) is 4.64. The second-order valence-electron chi connectivity index (χ2n) is 8.90. The zero-order valence-electron chi connectivity index (χ0n) is 19.8. The van der Waals surface area contributed by atoms with E-state index in [0.29, 0.717) is 0 Å². The second kappa shape index (κ2) is 9.47. The van der Waals surface area contributed by atoms with Gasteiger partial charge >= 0.3 is 0 Å². The molecule has 5 rings (SSSR count). The van der Waals surface area contributed by atoms with Crippen LogP contribution in [-0.4, -0.2) is 28.2 Å². The highest BCUT2D eigenvalue weighted by Crippen LogP contribution is 2.30. The molecule has 0 fully saturated rings. The standard InChI is InChI=1S/C28H28N4OS/c1-18-14-19(2)26(20(3)15-18)30-25(33)17-34-27-23-10-6-7-11-24(23)29-28(31-27)32-13-12-21-8-4-5-9-22(21)16-32/h4-11,14-15H,12-13,16-17H2,1-3H3,(H,30,33). The number of rotatable bonds is 5. The number of carbonyl (C=O) groups is 1. The summed E-state index contributed by atoms with van der Waals surface area (Å²) in [7, 11) is 0. The first-order chi connectivity index (χ1) is 16.5. The van der Waals surface area contributed by atoms with Gasteiger partial charge in [0.05, 0.1) is 11.3 Å². The third-order valence-electron chi connectivity index (χ3n) is 6.25. The number of carbonyl (C=O) groups excluding carboxylic acids is 1. The van der Waals surface area contributed by atoms with Crippen molar-refractivity contribution in [3.8, 4) is 0 Å². The summed E-state index contributed by atoms with van der Waals surface area (Å²) >= 11 is 1.47. The van der Waals surface area contributed by atoms with Gasteiger partial charge in [-0.2, -0.15) is 0 Å². The molecule has 0 unspecified atom stereocenters. The minimum absolute atomic E-state index is 0.0313. The molecule has 4 aromatic rings. The third-order valence-corrected chi connectivity index (χ3v) is 7.24. The maximum absolute atomic E-state index is 12.8. The van der Waals surface area contributed by atoms with Crippen LogP contribution in [0.4, 0.5) is 11.6 Å². The van der Waals surface area contributed by atoms with E-state index in [1.165, 1.54) is 28.5 Å². The highest BCUT2D eigenvalue weighted by Gasteiger charge is 2.20. The Bertz CT molecular complexity index is 1360. The molecule has 0 radical (unpaired) electrons. The lowest BCUT2D eigenvalue weighted by molar-refractivity contribution is -0.113. The fourth-order valence-corrected chi connectivity index (χ4v) is 5.45. The van der Waals surface area contributed by atoms with E-state index in [9.17, 15) is 4.79 Å². The lowest BCUT2D eigenvalue weighted by atomic mass is 10.0. The van der Waals surface area contributed by atoms with Gasteiger partial charge < -0.3 is 10.2 Å². The number of para-hydroxylation sites is 1. The normalized spacial score (nSPS) is 13.1. The number of benzene rings is 3. The van der Waals surface area contributed by atoms with Crippen molar-refractivity contribution in [1.29, 1.82) is 0 Å². The van der Waals surface area contributed by atoms with Crippen molar-refractivity contribution in [2.75, 3.05) is 22.5 Å². The van der Waals surface area contributed by atoms with Crippen molar-refractivity contribution in [3.05, 3.63) is 88.5 Å². The zero-order valence-corrected chi connectivity index (χ0v) is 20.6. The van der Waals surface area contributed by atoms with Gasteiger partial charge in [-0.05, 0) is 55.5 Å². The number of amides is 1. The first-order valence-corrected chi connectivity index (χ1v) is 12.6. The number of hydrogen-bond donors (Lipinski definition) is 1. The van der Waals surface area contributed by atoms with Crippen LogP contribution in [0.2, 0.25) is 0 Å². The fourth-order valence-electron chi connectivity index (χ4n) is 4.64. The van der Waals surface area contributed by atoms with Gasteiger partial charge in [0.15, 0.2) is 0 Å². The smallest absolute Gasteiger partial charge is 0.234 e. The molecule has 1 N–H and O–H groups in total. The Balaban J connectivity index is 1.37. The summed E-state index contributed by atoms with van der Waals surface area (Å²) < 4.78 is 0. The van der Waals surface area contributed by atoms with E-state index in [4.69, 9.17) is 9.97 Å². The number of aromatic nitrogens is 2. The Morgan fingerprint density at radius 1 is 0.971 bits per heavy atom. The molecular weight excluding hydrogens is 440 g/mol. The summed E-state index contributed by atoms with van der Waals surface area (Å²) in [5, 5.41) is 4.92. The van der Waals surface area contributed by atoms with Gasteiger partial charge in [-0.25, -0.2) is 9.97 Å². The largest absolute Gasteiger partial charge is 0.336 e. The predicted octanol–water partition coefficient (Wildman–Crippen LogP) is 5.85. The first kappa shape index (κ1) is 22.4. The molecule has 1 aliphatic rings. The van der Waals surface area contributed by atoms with Crippen LogP contribution in [0, 0.1) is 20.8 Å². The van der Waals surface area contributed by atoms with Crippen molar-refractivity contribution in [3.63, 3.8) is 0 Å². The molecule has 172 valence electrons. The molecule has 0 saturated heterocycles. The number of thioether (sulfide) groups is 1. The monoisotopic (exact) mass is 468 g/mol. The van der Waals surface area contributed by atoms with E-state index in [2.05, 4.69) is 53.5 Å². The number of aryl methyl sites for hydroxylation is 3. The average Bonchev–Trinajstić information content (AvgIpc) is 2.84. The molecule has 2 heterocycles. The molecule has 0 atom stereocenters. The number of nitrogens with one attached hydrogen (secondary N) is 1. The molecule has 0 saturated carbocycles. The van der Waals surface area contributed by atoms with E-state index in [-0.39, 0.29) is 11.7 Å². The SMILES string of the molecule is Cc1cc(C)c(NC(=O)CSc2nc(N3CCc4ccccc4C3)nc3ccccc23)c(C)c1. The van der Waals surface area contributed by atoms with Crippen LogP contribution in [0.15, 0.2) is 65.7 Å². The Hall–Kier alpha value is -3.38. The van der Waals surface area contributed by atoms with Gasteiger partial charge in [-0.3, -0.25) is 4.79 Å². The quantitative estimate of drug-likeness (QED) is 0.294. The Morgan fingerprint density at radius 3 is 2.47 bits per heavy atom. The zero-order chi connectivity index (χ0) is 23.7. The van der Waals surface area contributed by atoms with Crippen molar-refractivity contribution in [2.24, 2.45) is 0 Å². The number of fused-ring (bicyclic) bond motifs is 2. The number of anilines is 2. The van der Waals surface area contributed by atoms with E-state index < -0.39 is 0 Å². The summed E-state index contributed by atoms with van der Waals surface area (Å²) in [6.07, 6.45) is 0.979. The van der Waals surface area contributed by atoms with Crippen LogP contribution in [0.1, 0.15) is 27.8 Å². The molecule has 0 bridgehead atoms. The topological polar surface area (TPSA) is 58.1 Å². The van der Waals surface area contributed by atoms with Gasteiger partial charge in [0.2, 0.25) is 11.9 Å². The van der Waals surface area contributed by atoms with Crippen LogP contribution in [0.3, 0.4) is 0 Å². The van der Waals surface area contributed by atoms with Crippen LogP contribution >= 0.6 is 11.8 Å². The van der Waals surface area contributed by atoms with E-state index in [0.717, 1.165) is 58.2 Å². The summed E-state index contributed by atoms with van der Waals surface area (Å²) in [4.78, 5) is 24.9. The van der Waals surface area contributed by atoms with Crippen LogP contribution < -0.4 is 10.2 Å². The first-order valence-electron chi connectivity index (χ1n) is 11.6. The summed E-state index contributed by atoms with van der Waals surface area (Å²) in [5.41, 5.74) is 7.88. The summed E-state index contributed by atoms with van der Waals surface area (Å²) in [6, 6.07) is 20.8. The number of hydrogen-bond acceptors (Lipinski definition) is 5. The average molecular weight is 469 g/mol. The Kier molecular flexibility index (Phi) is 6.24. The van der Waals surface area contributed by atoms with Crippen LogP contribution in [0.5, 0.6) is 0 Å². The van der Waals surface area contributed by atoms with Gasteiger partial charge in [0, 0.05) is 24.2 Å². The van der Waals surface area contributed by atoms with Gasteiger partial charge in [0.1, 0.15) is 5.03 Å². The molecule has 6 heteroatoms. The van der Waals surface area contributed by atoms with Crippen LogP contribution in [-0.2, 0) is 17.8 Å². The molecular formula is C28H28N4OS. The second-order valence-corrected chi connectivity index (χ2v) is 9.86. The van der Waals surface area contributed by atoms with Gasteiger partial charge in [-0.1, -0.05) is 71.9 Å². The van der Waals surface area contributed by atoms with Crippen molar-refractivity contribution >= 4 is 40.2 Å². The predicted molar refractivity (Wildman–Crippen MR) is 141 cm³/mol. The molecule has 0 aliphatic carbocycles. The lowest BCUT2D eigenvalue weighted by Gasteiger charge is -2.29. The Labute approximate surface area is 204 Å². The molecule has 1 aromatic heterocycles. The minimum atomic E-state index is -0.0313. The molecule has 3 aromatic carbocycles. The Morgan fingerprint density at radius 2 is 1.68 bits per heavy atom. The van der Waals surface area contributed by atoms with Gasteiger partial charge in [0.25, 0.3) is 0 Å². The van der Waals surface area contributed by atoms with Crippen LogP contribution in [0.25, 0.3) is 10.9 Å². The maximum Gasteiger partial charge on any atom is 0.234 e. The molecule has 0 spiro atoms. The van der Waals surface area contributed by atoms with E-state index >= 15 is 0 Å².